The number of fused-ring (bicyclic) bond motifs is 1. The fourth-order valence-electron chi connectivity index (χ4n) is 6.07. The van der Waals surface area contributed by atoms with Gasteiger partial charge in [0.15, 0.2) is 11.6 Å². The Morgan fingerprint density at radius 2 is 2.10 bits per heavy atom. The average molecular weight is 557 g/mol. The normalized spacial score (nSPS) is 18.8. The van der Waals surface area contributed by atoms with Crippen molar-refractivity contribution < 1.29 is 23.8 Å². The number of unbranched alkanes of at least 4 members (excludes halogenated alkanes) is 2. The lowest BCUT2D eigenvalue weighted by molar-refractivity contribution is -0.143. The maximum Gasteiger partial charge on any atom is 0.325 e. The van der Waals surface area contributed by atoms with Crippen molar-refractivity contribution in [3.8, 4) is 5.75 Å². The first-order chi connectivity index (χ1) is 19.3. The van der Waals surface area contributed by atoms with Crippen molar-refractivity contribution in [2.45, 2.75) is 69.9 Å². The number of aromatic nitrogens is 1. The van der Waals surface area contributed by atoms with E-state index in [1.807, 2.05) is 11.8 Å². The maximum absolute atomic E-state index is 15.0. The molecule has 0 bridgehead atoms. The monoisotopic (exact) mass is 556 g/mol. The number of nitrogens with one attached hydrogen (secondary N) is 1. The predicted molar refractivity (Wildman–Crippen MR) is 155 cm³/mol. The van der Waals surface area contributed by atoms with Gasteiger partial charge >= 0.3 is 5.97 Å². The minimum Gasteiger partial charge on any atom is -0.493 e. The number of rotatable bonds is 14. The number of pyridine rings is 1. The van der Waals surface area contributed by atoms with E-state index in [-0.39, 0.29) is 17.7 Å². The lowest BCUT2D eigenvalue weighted by Crippen LogP contribution is -2.38. The first-order valence-electron chi connectivity index (χ1n) is 14.6. The molecule has 3 heterocycles. The van der Waals surface area contributed by atoms with Crippen molar-refractivity contribution in [1.82, 2.24) is 14.8 Å². The Labute approximate surface area is 237 Å². The first kappa shape index (κ1) is 30.2. The molecule has 0 saturated carbocycles. The summed E-state index contributed by atoms with van der Waals surface area (Å²) in [5.74, 6) is -0.550. The molecule has 2 aromatic rings. The molecule has 2 aliphatic heterocycles. The standard InChI is InChI=1S/C31H45FN4O4/c1-21(20-39-3)23-17-26(29(40-4)27(32)18-23)28(31(37)38)36-16-13-25(19-36)35(2)15-7-5-6-10-24-12-11-22-9-8-14-33-30(22)34-24/h11-12,17-18,21,25,28H,5-10,13-16,19-20H2,1-4H3,(H,33,34)(H,37,38)/t21-,25-,28-/m1/s1. The van der Waals surface area contributed by atoms with Gasteiger partial charge in [0.2, 0.25) is 0 Å². The van der Waals surface area contributed by atoms with Crippen LogP contribution in [0.4, 0.5) is 10.2 Å². The summed E-state index contributed by atoms with van der Waals surface area (Å²) in [4.78, 5) is 21.6. The number of hydrogen-bond acceptors (Lipinski definition) is 7. The van der Waals surface area contributed by atoms with Gasteiger partial charge in [-0.05, 0) is 81.4 Å². The first-order valence-corrected chi connectivity index (χ1v) is 14.6. The van der Waals surface area contributed by atoms with E-state index in [1.54, 1.807) is 13.2 Å². The Morgan fingerprint density at radius 1 is 1.27 bits per heavy atom. The van der Waals surface area contributed by atoms with Crippen LogP contribution < -0.4 is 10.1 Å². The van der Waals surface area contributed by atoms with Gasteiger partial charge in [0.1, 0.15) is 11.9 Å². The molecular weight excluding hydrogens is 511 g/mol. The minimum atomic E-state index is -0.997. The molecule has 0 unspecified atom stereocenters. The number of likely N-dealkylation sites (tertiary alicyclic amines) is 1. The van der Waals surface area contributed by atoms with Crippen LogP contribution in [0.25, 0.3) is 0 Å². The van der Waals surface area contributed by atoms with Gasteiger partial charge in [-0.3, -0.25) is 9.69 Å². The van der Waals surface area contributed by atoms with Crippen LogP contribution in [0.1, 0.15) is 73.4 Å². The van der Waals surface area contributed by atoms with Crippen LogP contribution in [0.2, 0.25) is 0 Å². The molecule has 0 spiro atoms. The Morgan fingerprint density at radius 3 is 2.85 bits per heavy atom. The van der Waals surface area contributed by atoms with Gasteiger partial charge < -0.3 is 24.8 Å². The zero-order chi connectivity index (χ0) is 28.6. The molecule has 2 N–H and O–H groups in total. The third-order valence-electron chi connectivity index (χ3n) is 8.39. The van der Waals surface area contributed by atoms with E-state index in [0.29, 0.717) is 30.8 Å². The number of benzene rings is 1. The molecule has 4 rings (SSSR count). The molecule has 0 aliphatic carbocycles. The quantitative estimate of drug-likeness (QED) is 0.319. The highest BCUT2D eigenvalue weighted by molar-refractivity contribution is 5.77. The summed E-state index contributed by atoms with van der Waals surface area (Å²) in [6.07, 6.45) is 7.43. The number of ether oxygens (including phenoxy) is 2. The molecule has 1 saturated heterocycles. The number of nitrogens with zero attached hydrogens (tertiary/aromatic N) is 3. The van der Waals surface area contributed by atoms with Crippen LogP contribution in [-0.4, -0.2) is 86.0 Å². The Kier molecular flexibility index (Phi) is 10.8. The highest BCUT2D eigenvalue weighted by Gasteiger charge is 2.37. The topological polar surface area (TPSA) is 87.2 Å². The molecule has 1 aromatic carbocycles. The lowest BCUT2D eigenvalue weighted by Gasteiger charge is -2.29. The second-order valence-corrected chi connectivity index (χ2v) is 11.3. The zero-order valence-corrected chi connectivity index (χ0v) is 24.4. The van der Waals surface area contributed by atoms with Gasteiger partial charge in [0, 0.05) is 50.0 Å². The Balaban J connectivity index is 1.31. The van der Waals surface area contributed by atoms with Gasteiger partial charge in [-0.15, -0.1) is 0 Å². The molecule has 0 radical (unpaired) electrons. The largest absolute Gasteiger partial charge is 0.493 e. The minimum absolute atomic E-state index is 0.00164. The van der Waals surface area contributed by atoms with Crippen molar-refractivity contribution in [3.63, 3.8) is 0 Å². The average Bonchev–Trinajstić information content (AvgIpc) is 3.42. The molecule has 3 atom stereocenters. The Hall–Kier alpha value is -2.75. The van der Waals surface area contributed by atoms with E-state index < -0.39 is 17.8 Å². The number of aryl methyl sites for hydroxylation is 2. The van der Waals surface area contributed by atoms with Crippen molar-refractivity contribution in [3.05, 3.63) is 52.5 Å². The van der Waals surface area contributed by atoms with E-state index in [9.17, 15) is 9.90 Å². The number of carbonyl (C=O) groups is 1. The van der Waals surface area contributed by atoms with Crippen LogP contribution in [0.15, 0.2) is 24.3 Å². The molecule has 0 amide bonds. The van der Waals surface area contributed by atoms with Crippen LogP contribution in [-0.2, 0) is 22.4 Å². The van der Waals surface area contributed by atoms with E-state index in [0.717, 1.165) is 63.1 Å². The number of hydrogen-bond donors (Lipinski definition) is 2. The summed E-state index contributed by atoms with van der Waals surface area (Å²) in [7, 11) is 5.11. The number of anilines is 1. The third kappa shape index (κ3) is 7.30. The van der Waals surface area contributed by atoms with Crippen LogP contribution in [0.3, 0.4) is 0 Å². The van der Waals surface area contributed by atoms with E-state index >= 15 is 4.39 Å². The Bertz CT molecular complexity index is 1150. The molecular formula is C31H45FN4O4. The van der Waals surface area contributed by atoms with Gasteiger partial charge in [-0.2, -0.15) is 0 Å². The number of likely N-dealkylation sites (N-methyl/N-ethyl adjacent to an activating group) is 1. The number of carboxylic acids is 1. The smallest absolute Gasteiger partial charge is 0.325 e. The summed E-state index contributed by atoms with van der Waals surface area (Å²) >= 11 is 0. The SMILES string of the molecule is COC[C@@H](C)c1cc(F)c(OC)c([C@H](C(=O)O)N2CC[C@@H](N(C)CCCCCc3ccc4c(n3)NCCC4)C2)c1. The van der Waals surface area contributed by atoms with Gasteiger partial charge in [0.05, 0.1) is 13.7 Å². The fraction of sp³-hybridized carbons (Fsp3) is 0.613. The molecule has 220 valence electrons. The summed E-state index contributed by atoms with van der Waals surface area (Å²) in [5.41, 5.74) is 3.54. The van der Waals surface area contributed by atoms with E-state index in [4.69, 9.17) is 14.5 Å². The van der Waals surface area contributed by atoms with Crippen molar-refractivity contribution in [1.29, 1.82) is 0 Å². The summed E-state index contributed by atoms with van der Waals surface area (Å²) < 4.78 is 25.6. The summed E-state index contributed by atoms with van der Waals surface area (Å²) in [6, 6.07) is 6.85. The van der Waals surface area contributed by atoms with E-state index in [2.05, 4.69) is 29.4 Å². The highest BCUT2D eigenvalue weighted by atomic mass is 19.1. The molecule has 40 heavy (non-hydrogen) atoms. The second kappa shape index (κ2) is 14.2. The van der Waals surface area contributed by atoms with Crippen molar-refractivity contribution >= 4 is 11.8 Å². The van der Waals surface area contributed by atoms with Gasteiger partial charge in [0.25, 0.3) is 0 Å². The molecule has 9 heteroatoms. The number of aliphatic carboxylic acids is 1. The molecule has 8 nitrogen and oxygen atoms in total. The zero-order valence-electron chi connectivity index (χ0n) is 24.4. The van der Waals surface area contributed by atoms with Gasteiger partial charge in [-0.1, -0.05) is 19.4 Å². The number of methoxy groups -OCH3 is 2. The van der Waals surface area contributed by atoms with Crippen LogP contribution in [0, 0.1) is 5.82 Å². The van der Waals surface area contributed by atoms with Crippen LogP contribution >= 0.6 is 0 Å². The van der Waals surface area contributed by atoms with Crippen LogP contribution in [0.5, 0.6) is 5.75 Å². The number of carboxylic acid groups (broad SMARTS) is 1. The predicted octanol–water partition coefficient (Wildman–Crippen LogP) is 4.88. The number of halogens is 1. The summed E-state index contributed by atoms with van der Waals surface area (Å²) in [6.45, 7) is 5.56. The third-order valence-corrected chi connectivity index (χ3v) is 8.39. The van der Waals surface area contributed by atoms with Crippen molar-refractivity contribution in [2.75, 3.05) is 59.4 Å². The lowest BCUT2D eigenvalue weighted by atomic mass is 9.95. The fourth-order valence-corrected chi connectivity index (χ4v) is 6.07. The second-order valence-electron chi connectivity index (χ2n) is 11.3. The summed E-state index contributed by atoms with van der Waals surface area (Å²) in [5, 5.41) is 13.7. The van der Waals surface area contributed by atoms with E-state index in [1.165, 1.54) is 25.2 Å². The van der Waals surface area contributed by atoms with Gasteiger partial charge in [-0.25, -0.2) is 9.37 Å². The molecule has 1 fully saturated rings. The van der Waals surface area contributed by atoms with Crippen molar-refractivity contribution in [2.24, 2.45) is 0 Å². The highest BCUT2D eigenvalue weighted by Crippen LogP contribution is 2.37. The molecule has 2 aliphatic rings. The maximum atomic E-state index is 15.0. The molecule has 1 aromatic heterocycles.